The van der Waals surface area contributed by atoms with Gasteiger partial charge in [0.15, 0.2) is 0 Å². The fourth-order valence-electron chi connectivity index (χ4n) is 5.66. The Morgan fingerprint density at radius 1 is 0.441 bits per heavy atom. The van der Waals surface area contributed by atoms with E-state index >= 15 is 0 Å². The summed E-state index contributed by atoms with van der Waals surface area (Å²) in [5.41, 5.74) is 3.43. The number of thiophene rings is 1. The number of benzene rings is 6. The number of hydrogen-bond donors (Lipinski definition) is 0. The molecule has 0 saturated carbocycles. The van der Waals surface area contributed by atoms with Crippen molar-refractivity contribution < 1.29 is 4.42 Å². The Morgan fingerprint density at radius 3 is 1.76 bits per heavy atom. The van der Waals surface area contributed by atoms with Crippen LogP contribution in [0.1, 0.15) is 0 Å². The Balaban J connectivity index is 1.44. The van der Waals surface area contributed by atoms with Crippen molar-refractivity contribution in [3.63, 3.8) is 0 Å². The zero-order chi connectivity index (χ0) is 22.2. The summed E-state index contributed by atoms with van der Waals surface area (Å²) in [6.45, 7) is 0. The molecule has 6 aromatic carbocycles. The van der Waals surface area contributed by atoms with Gasteiger partial charge in [-0.15, -0.1) is 11.3 Å². The van der Waals surface area contributed by atoms with E-state index in [2.05, 4.69) is 102 Å². The van der Waals surface area contributed by atoms with Gasteiger partial charge in [0.1, 0.15) is 5.58 Å². The van der Waals surface area contributed by atoms with Crippen LogP contribution >= 0.6 is 11.3 Å². The number of hydrogen-bond acceptors (Lipinski definition) is 2. The lowest BCUT2D eigenvalue weighted by Gasteiger charge is -2.11. The van der Waals surface area contributed by atoms with E-state index in [9.17, 15) is 0 Å². The van der Waals surface area contributed by atoms with Gasteiger partial charge < -0.3 is 4.42 Å². The Morgan fingerprint density at radius 2 is 1.00 bits per heavy atom. The van der Waals surface area contributed by atoms with E-state index in [4.69, 9.17) is 4.42 Å². The van der Waals surface area contributed by atoms with E-state index < -0.39 is 0 Å². The first-order valence-electron chi connectivity index (χ1n) is 11.5. The van der Waals surface area contributed by atoms with E-state index in [1.54, 1.807) is 6.26 Å². The maximum atomic E-state index is 5.92. The predicted molar refractivity (Wildman–Crippen MR) is 147 cm³/mol. The van der Waals surface area contributed by atoms with Gasteiger partial charge in [-0.3, -0.25) is 0 Å². The molecule has 0 radical (unpaired) electrons. The molecule has 8 rings (SSSR count). The molecule has 2 heterocycles. The molecular weight excluding hydrogens is 432 g/mol. The van der Waals surface area contributed by atoms with Crippen LogP contribution in [0.15, 0.2) is 113 Å². The minimum absolute atomic E-state index is 0.963. The topological polar surface area (TPSA) is 13.1 Å². The average Bonchev–Trinajstić information content (AvgIpc) is 3.59. The molecule has 0 amide bonds. The highest BCUT2D eigenvalue weighted by Crippen LogP contribution is 2.41. The van der Waals surface area contributed by atoms with Crippen LogP contribution in [0, 0.1) is 0 Å². The van der Waals surface area contributed by atoms with Crippen molar-refractivity contribution in [1.82, 2.24) is 0 Å². The molecule has 0 bridgehead atoms. The second-order valence-corrected chi connectivity index (χ2v) is 9.85. The average molecular weight is 451 g/mol. The van der Waals surface area contributed by atoms with Crippen molar-refractivity contribution in [3.05, 3.63) is 109 Å². The van der Waals surface area contributed by atoms with Crippen molar-refractivity contribution in [1.29, 1.82) is 0 Å². The Labute approximate surface area is 199 Å². The lowest BCUT2D eigenvalue weighted by molar-refractivity contribution is 0.619. The maximum absolute atomic E-state index is 5.92. The summed E-state index contributed by atoms with van der Waals surface area (Å²) in [4.78, 5) is 0. The summed E-state index contributed by atoms with van der Waals surface area (Å²) in [7, 11) is 0. The summed E-state index contributed by atoms with van der Waals surface area (Å²) in [5.74, 6) is 0. The number of furan rings is 1. The molecule has 2 heteroatoms. The molecule has 158 valence electrons. The third-order valence-corrected chi connectivity index (χ3v) is 8.15. The number of fused-ring (bicyclic) bond motifs is 12. The van der Waals surface area contributed by atoms with Crippen molar-refractivity contribution in [2.45, 2.75) is 0 Å². The lowest BCUT2D eigenvalue weighted by Crippen LogP contribution is -1.85. The van der Waals surface area contributed by atoms with Crippen LogP contribution in [0.3, 0.4) is 0 Å². The quantitative estimate of drug-likeness (QED) is 0.227. The minimum atomic E-state index is 0.963. The van der Waals surface area contributed by atoms with Gasteiger partial charge in [-0.1, -0.05) is 72.8 Å². The first-order valence-corrected chi connectivity index (χ1v) is 12.4. The van der Waals surface area contributed by atoms with Gasteiger partial charge >= 0.3 is 0 Å². The highest BCUT2D eigenvalue weighted by Gasteiger charge is 2.13. The van der Waals surface area contributed by atoms with E-state index in [1.165, 1.54) is 69.7 Å². The Bertz CT molecular complexity index is 1920. The van der Waals surface area contributed by atoms with Crippen LogP contribution in [-0.2, 0) is 0 Å². The third kappa shape index (κ3) is 2.38. The standard InChI is InChI=1S/C32H18OS/c1-2-7-23-21(5-1)25-12-10-20(18-30(25)32-28(23)14-16-34-32)19-9-11-24-22-6-3-4-8-26(22)31-27(13-15-33-31)29(24)17-19/h1-18H. The van der Waals surface area contributed by atoms with Gasteiger partial charge in [0, 0.05) is 26.2 Å². The molecular formula is C32H18OS. The molecule has 0 spiro atoms. The lowest BCUT2D eigenvalue weighted by atomic mass is 9.93. The molecule has 0 aliphatic rings. The zero-order valence-electron chi connectivity index (χ0n) is 18.2. The fourth-order valence-corrected chi connectivity index (χ4v) is 6.60. The van der Waals surface area contributed by atoms with Gasteiger partial charge in [-0.2, -0.15) is 0 Å². The summed E-state index contributed by atoms with van der Waals surface area (Å²) in [5, 5.41) is 14.9. The number of rotatable bonds is 1. The molecule has 0 saturated heterocycles. The molecule has 0 unspecified atom stereocenters. The van der Waals surface area contributed by atoms with Crippen LogP contribution in [-0.4, -0.2) is 0 Å². The molecule has 1 nitrogen and oxygen atoms in total. The first kappa shape index (κ1) is 18.3. The normalized spacial score (nSPS) is 12.1. The van der Waals surface area contributed by atoms with E-state index in [-0.39, 0.29) is 0 Å². The second-order valence-electron chi connectivity index (χ2n) is 8.94. The third-order valence-electron chi connectivity index (χ3n) is 7.21. The maximum Gasteiger partial charge on any atom is 0.142 e. The summed E-state index contributed by atoms with van der Waals surface area (Å²) in [6, 6.07) is 35.4. The van der Waals surface area contributed by atoms with Gasteiger partial charge in [0.05, 0.1) is 6.26 Å². The minimum Gasteiger partial charge on any atom is -0.464 e. The molecule has 0 aliphatic heterocycles. The van der Waals surface area contributed by atoms with Gasteiger partial charge in [0.2, 0.25) is 0 Å². The van der Waals surface area contributed by atoms with E-state index in [0.717, 1.165) is 5.58 Å². The van der Waals surface area contributed by atoms with Crippen molar-refractivity contribution in [3.8, 4) is 11.1 Å². The highest BCUT2D eigenvalue weighted by molar-refractivity contribution is 7.18. The molecule has 0 N–H and O–H groups in total. The second kappa shape index (κ2) is 6.69. The molecule has 0 fully saturated rings. The zero-order valence-corrected chi connectivity index (χ0v) is 19.0. The van der Waals surface area contributed by atoms with Gasteiger partial charge in [-0.05, 0) is 73.1 Å². The van der Waals surface area contributed by atoms with Crippen LogP contribution in [0.4, 0.5) is 0 Å². The molecule has 34 heavy (non-hydrogen) atoms. The monoisotopic (exact) mass is 450 g/mol. The van der Waals surface area contributed by atoms with Gasteiger partial charge in [0.25, 0.3) is 0 Å². The summed E-state index contributed by atoms with van der Waals surface area (Å²) in [6.07, 6.45) is 1.80. The fraction of sp³-hybridized carbons (Fsp3) is 0. The van der Waals surface area contributed by atoms with Crippen LogP contribution in [0.25, 0.3) is 75.3 Å². The molecule has 0 aliphatic carbocycles. The molecule has 0 atom stereocenters. The summed E-state index contributed by atoms with van der Waals surface area (Å²) < 4.78 is 7.28. The van der Waals surface area contributed by atoms with Crippen LogP contribution in [0.2, 0.25) is 0 Å². The van der Waals surface area contributed by atoms with Crippen molar-refractivity contribution in [2.24, 2.45) is 0 Å². The first-order chi connectivity index (χ1) is 16.9. The summed E-state index contributed by atoms with van der Waals surface area (Å²) >= 11 is 1.83. The Hall–Kier alpha value is -4.14. The smallest absolute Gasteiger partial charge is 0.142 e. The van der Waals surface area contributed by atoms with E-state index in [1.807, 2.05) is 11.3 Å². The largest absolute Gasteiger partial charge is 0.464 e. The predicted octanol–water partition coefficient (Wildman–Crippen LogP) is 9.93. The van der Waals surface area contributed by atoms with E-state index in [0.29, 0.717) is 0 Å². The SMILES string of the molecule is c1ccc2c(c1)c1ccc(-c3ccc4c5ccccc5c5occc5c4c3)cc1c1sccc21. The highest BCUT2D eigenvalue weighted by atomic mass is 32.1. The molecule has 2 aromatic heterocycles. The van der Waals surface area contributed by atoms with Crippen molar-refractivity contribution >= 4 is 75.5 Å². The molecule has 8 aromatic rings. The van der Waals surface area contributed by atoms with Gasteiger partial charge in [-0.25, -0.2) is 0 Å². The Kier molecular flexibility index (Phi) is 3.60. The van der Waals surface area contributed by atoms with Crippen molar-refractivity contribution in [2.75, 3.05) is 0 Å². The van der Waals surface area contributed by atoms with Crippen LogP contribution < -0.4 is 0 Å². The van der Waals surface area contributed by atoms with Crippen LogP contribution in [0.5, 0.6) is 0 Å².